The minimum absolute atomic E-state index is 0.0275. The van der Waals surface area contributed by atoms with Crippen LogP contribution in [-0.2, 0) is 0 Å². The summed E-state index contributed by atoms with van der Waals surface area (Å²) in [7, 11) is 3.56. The number of amides is 2. The molecule has 21 heavy (non-hydrogen) atoms. The number of carbonyl (C=O) groups is 1. The smallest absolute Gasteiger partial charge is 0.322 e. The number of likely N-dealkylation sites (tertiary alicyclic amines) is 1. The fraction of sp³-hybridized carbons (Fsp3) is 0.562. The van der Waals surface area contributed by atoms with Crippen LogP contribution in [0.15, 0.2) is 24.3 Å². The number of piperidine rings is 1. The summed E-state index contributed by atoms with van der Waals surface area (Å²) in [5, 5.41) is 6.14. The molecule has 5 nitrogen and oxygen atoms in total. The van der Waals surface area contributed by atoms with Gasteiger partial charge in [0, 0.05) is 12.6 Å². The van der Waals surface area contributed by atoms with E-state index in [4.69, 9.17) is 4.74 Å². The van der Waals surface area contributed by atoms with Crippen LogP contribution in [0, 0.1) is 0 Å². The summed E-state index contributed by atoms with van der Waals surface area (Å²) in [6.07, 6.45) is 4.36. The number of carbonyl (C=O) groups excluding carboxylic acids is 1. The van der Waals surface area contributed by atoms with Gasteiger partial charge in [0.05, 0.1) is 12.8 Å². The maximum absolute atomic E-state index is 12.5. The maximum Gasteiger partial charge on any atom is 0.322 e. The Morgan fingerprint density at radius 3 is 2.95 bits per heavy atom. The maximum atomic E-state index is 12.5. The summed E-state index contributed by atoms with van der Waals surface area (Å²) in [5.74, 6) is 0.689. The van der Waals surface area contributed by atoms with Crippen molar-refractivity contribution in [3.05, 3.63) is 24.3 Å². The van der Waals surface area contributed by atoms with Gasteiger partial charge in [-0.3, -0.25) is 0 Å². The molecule has 1 atom stereocenters. The standard InChI is InChI=1S/C16H25N3O2/c1-17-11-10-13-7-5-6-12-19(13)16(20)18-14-8-3-4-9-15(14)21-2/h3-4,8-9,13,17H,5-7,10-12H2,1-2H3,(H,18,20). The highest BCUT2D eigenvalue weighted by Crippen LogP contribution is 2.25. The molecule has 1 aliphatic rings. The van der Waals surface area contributed by atoms with Gasteiger partial charge in [-0.05, 0) is 51.4 Å². The van der Waals surface area contributed by atoms with Gasteiger partial charge in [-0.15, -0.1) is 0 Å². The minimum atomic E-state index is -0.0275. The second kappa shape index (κ2) is 7.88. The Morgan fingerprint density at radius 1 is 1.38 bits per heavy atom. The molecule has 0 saturated carbocycles. The highest BCUT2D eigenvalue weighted by Gasteiger charge is 2.26. The van der Waals surface area contributed by atoms with Gasteiger partial charge < -0.3 is 20.3 Å². The molecule has 0 aliphatic carbocycles. The number of anilines is 1. The zero-order valence-electron chi connectivity index (χ0n) is 12.9. The number of hydrogen-bond donors (Lipinski definition) is 2. The van der Waals surface area contributed by atoms with Crippen LogP contribution in [0.1, 0.15) is 25.7 Å². The van der Waals surface area contributed by atoms with Gasteiger partial charge in [0.2, 0.25) is 0 Å². The van der Waals surface area contributed by atoms with E-state index in [-0.39, 0.29) is 6.03 Å². The average molecular weight is 291 g/mol. The van der Waals surface area contributed by atoms with Crippen molar-refractivity contribution >= 4 is 11.7 Å². The van der Waals surface area contributed by atoms with Gasteiger partial charge in [-0.25, -0.2) is 4.79 Å². The Hall–Kier alpha value is -1.75. The molecule has 5 heteroatoms. The van der Waals surface area contributed by atoms with E-state index < -0.39 is 0 Å². The summed E-state index contributed by atoms with van der Waals surface area (Å²) in [6, 6.07) is 7.80. The van der Waals surface area contributed by atoms with Crippen molar-refractivity contribution < 1.29 is 9.53 Å². The van der Waals surface area contributed by atoms with Crippen LogP contribution in [0.4, 0.5) is 10.5 Å². The van der Waals surface area contributed by atoms with Gasteiger partial charge in [-0.2, -0.15) is 0 Å². The average Bonchev–Trinajstić information content (AvgIpc) is 2.53. The quantitative estimate of drug-likeness (QED) is 0.877. The molecular weight excluding hydrogens is 266 g/mol. The van der Waals surface area contributed by atoms with Crippen LogP contribution < -0.4 is 15.4 Å². The molecule has 0 radical (unpaired) electrons. The van der Waals surface area contributed by atoms with E-state index in [1.807, 2.05) is 36.2 Å². The first-order valence-corrected chi connectivity index (χ1v) is 7.61. The van der Waals surface area contributed by atoms with Crippen molar-refractivity contribution in [1.82, 2.24) is 10.2 Å². The SMILES string of the molecule is CNCCC1CCCCN1C(=O)Nc1ccccc1OC. The number of ether oxygens (including phenoxy) is 1. The van der Waals surface area contributed by atoms with E-state index in [1.54, 1.807) is 7.11 Å². The molecule has 1 aliphatic heterocycles. The molecular formula is C16H25N3O2. The Labute approximate surface area is 126 Å². The predicted octanol–water partition coefficient (Wildman–Crippen LogP) is 2.69. The first kappa shape index (κ1) is 15.6. The van der Waals surface area contributed by atoms with Crippen LogP contribution in [-0.4, -0.2) is 44.2 Å². The van der Waals surface area contributed by atoms with Crippen molar-refractivity contribution in [1.29, 1.82) is 0 Å². The monoisotopic (exact) mass is 291 g/mol. The van der Waals surface area contributed by atoms with Crippen molar-refractivity contribution in [3.63, 3.8) is 0 Å². The van der Waals surface area contributed by atoms with Crippen LogP contribution in [0.25, 0.3) is 0 Å². The molecule has 2 N–H and O–H groups in total. The Morgan fingerprint density at radius 2 is 2.19 bits per heavy atom. The summed E-state index contributed by atoms with van der Waals surface area (Å²) in [4.78, 5) is 14.5. The third-order valence-corrected chi connectivity index (χ3v) is 3.96. The van der Waals surface area contributed by atoms with Gasteiger partial charge in [0.15, 0.2) is 0 Å². The van der Waals surface area contributed by atoms with Gasteiger partial charge in [0.25, 0.3) is 0 Å². The van der Waals surface area contributed by atoms with Gasteiger partial charge >= 0.3 is 6.03 Å². The van der Waals surface area contributed by atoms with E-state index in [1.165, 1.54) is 6.42 Å². The fourth-order valence-electron chi connectivity index (χ4n) is 2.81. The van der Waals surface area contributed by atoms with E-state index in [9.17, 15) is 4.79 Å². The van der Waals surface area contributed by atoms with Crippen LogP contribution >= 0.6 is 0 Å². The van der Waals surface area contributed by atoms with Crippen molar-refractivity contribution in [2.45, 2.75) is 31.7 Å². The molecule has 1 heterocycles. The highest BCUT2D eigenvalue weighted by molar-refractivity contribution is 5.91. The van der Waals surface area contributed by atoms with E-state index in [0.717, 1.165) is 38.0 Å². The third-order valence-electron chi connectivity index (χ3n) is 3.96. The molecule has 1 fully saturated rings. The third kappa shape index (κ3) is 4.11. The van der Waals surface area contributed by atoms with Crippen molar-refractivity contribution in [3.8, 4) is 5.75 Å². The predicted molar refractivity (Wildman–Crippen MR) is 84.9 cm³/mol. The number of nitrogens with one attached hydrogen (secondary N) is 2. The molecule has 116 valence electrons. The topological polar surface area (TPSA) is 53.6 Å². The Kier molecular flexibility index (Phi) is 5.87. The molecule has 2 rings (SSSR count). The number of methoxy groups -OCH3 is 1. The second-order valence-corrected chi connectivity index (χ2v) is 5.37. The lowest BCUT2D eigenvalue weighted by atomic mass is 10.00. The Balaban J connectivity index is 2.03. The van der Waals surface area contributed by atoms with Crippen LogP contribution in [0.5, 0.6) is 5.75 Å². The van der Waals surface area contributed by atoms with Crippen LogP contribution in [0.2, 0.25) is 0 Å². The number of nitrogens with zero attached hydrogens (tertiary/aromatic N) is 1. The highest BCUT2D eigenvalue weighted by atomic mass is 16.5. The molecule has 2 amide bonds. The molecule has 0 spiro atoms. The van der Waals surface area contributed by atoms with Gasteiger partial charge in [-0.1, -0.05) is 12.1 Å². The molecule has 1 saturated heterocycles. The zero-order chi connectivity index (χ0) is 15.1. The number of hydrogen-bond acceptors (Lipinski definition) is 3. The lowest BCUT2D eigenvalue weighted by Gasteiger charge is -2.36. The van der Waals surface area contributed by atoms with Gasteiger partial charge in [0.1, 0.15) is 5.75 Å². The number of para-hydroxylation sites is 2. The second-order valence-electron chi connectivity index (χ2n) is 5.37. The van der Waals surface area contributed by atoms with E-state index in [2.05, 4.69) is 10.6 Å². The summed E-state index contributed by atoms with van der Waals surface area (Å²) < 4.78 is 5.28. The zero-order valence-corrected chi connectivity index (χ0v) is 12.9. The van der Waals surface area contributed by atoms with Crippen molar-refractivity contribution in [2.24, 2.45) is 0 Å². The first-order chi connectivity index (χ1) is 10.3. The largest absolute Gasteiger partial charge is 0.495 e. The molecule has 1 aromatic rings. The summed E-state index contributed by atoms with van der Waals surface area (Å²) in [5.41, 5.74) is 0.725. The summed E-state index contributed by atoms with van der Waals surface area (Å²) >= 11 is 0. The van der Waals surface area contributed by atoms with Crippen LogP contribution in [0.3, 0.4) is 0 Å². The van der Waals surface area contributed by atoms with Crippen molar-refractivity contribution in [2.75, 3.05) is 32.6 Å². The normalized spacial score (nSPS) is 18.4. The fourth-order valence-corrected chi connectivity index (χ4v) is 2.81. The number of rotatable bonds is 5. The number of benzene rings is 1. The number of urea groups is 1. The lowest BCUT2D eigenvalue weighted by molar-refractivity contribution is 0.158. The first-order valence-electron chi connectivity index (χ1n) is 7.61. The van der Waals surface area contributed by atoms with E-state index in [0.29, 0.717) is 11.8 Å². The molecule has 1 aromatic carbocycles. The van der Waals surface area contributed by atoms with E-state index >= 15 is 0 Å². The molecule has 0 bridgehead atoms. The summed E-state index contributed by atoms with van der Waals surface area (Å²) in [6.45, 7) is 1.76. The molecule has 0 aromatic heterocycles. The Bertz CT molecular complexity index is 465. The lowest BCUT2D eigenvalue weighted by Crippen LogP contribution is -2.46. The minimum Gasteiger partial charge on any atom is -0.495 e. The molecule has 1 unspecified atom stereocenters.